The van der Waals surface area contributed by atoms with Crippen LogP contribution in [0.15, 0.2) is 12.2 Å². The van der Waals surface area contributed by atoms with E-state index < -0.39 is 12.0 Å². The summed E-state index contributed by atoms with van der Waals surface area (Å²) in [7, 11) is 0. The molecule has 0 aromatic rings. The fourth-order valence-corrected chi connectivity index (χ4v) is 2.44. The number of carboxylic acid groups (broad SMARTS) is 1. The van der Waals surface area contributed by atoms with Crippen LogP contribution in [-0.4, -0.2) is 23.0 Å². The molecule has 0 spiro atoms. The van der Waals surface area contributed by atoms with Crippen LogP contribution in [0, 0.1) is 0 Å². The van der Waals surface area contributed by atoms with E-state index in [1.165, 1.54) is 77.2 Å². The molecule has 134 valence electrons. The van der Waals surface area contributed by atoms with Crippen LogP contribution in [0.3, 0.4) is 0 Å². The average Bonchev–Trinajstić information content (AvgIpc) is 2.51. The molecule has 0 aliphatic rings. The molecule has 0 radical (unpaired) electrons. The molecule has 0 rings (SSSR count). The number of unbranched alkanes of at least 4 members (excludes halogenated alkanes) is 11. The van der Waals surface area contributed by atoms with Crippen molar-refractivity contribution in [3.63, 3.8) is 0 Å². The van der Waals surface area contributed by atoms with E-state index in [0.29, 0.717) is 0 Å². The third-order valence-corrected chi connectivity index (χ3v) is 3.97. The number of rotatable bonds is 15. The fourth-order valence-electron chi connectivity index (χ4n) is 2.44. The van der Waals surface area contributed by atoms with Crippen molar-refractivity contribution in [2.75, 3.05) is 0 Å². The Balaban J connectivity index is 3.34. The lowest BCUT2D eigenvalue weighted by Gasteiger charge is -2.05. The van der Waals surface area contributed by atoms with E-state index in [0.717, 1.165) is 12.8 Å². The number of nitrogens with one attached hydrogen (secondary N) is 1. The van der Waals surface area contributed by atoms with E-state index in [1.807, 2.05) is 6.08 Å². The molecule has 23 heavy (non-hydrogen) atoms. The van der Waals surface area contributed by atoms with Crippen molar-refractivity contribution in [2.45, 2.75) is 96.9 Å². The highest BCUT2D eigenvalue weighted by Gasteiger charge is 2.11. The molecule has 0 aliphatic carbocycles. The molecule has 1 amide bonds. The smallest absolute Gasteiger partial charge is 0.325 e. The quantitative estimate of drug-likeness (QED) is 0.335. The maximum atomic E-state index is 11.4. The largest absolute Gasteiger partial charge is 0.480 e. The van der Waals surface area contributed by atoms with Gasteiger partial charge in [0.15, 0.2) is 0 Å². The molecule has 0 bridgehead atoms. The van der Waals surface area contributed by atoms with Crippen LogP contribution in [0.1, 0.15) is 90.9 Å². The van der Waals surface area contributed by atoms with Gasteiger partial charge in [0.1, 0.15) is 6.04 Å². The molecule has 0 fully saturated rings. The standard InChI is InChI=1S/C19H35NO3/c1-3-4-5-6-7-8-9-10-11-12-13-14-15-16-18(21)20-17(2)19(22)23/h15-17H,3-14H2,1-2H3,(H,20,21)(H,22,23)/t17-/m0/s1. The van der Waals surface area contributed by atoms with Crippen molar-refractivity contribution >= 4 is 11.9 Å². The van der Waals surface area contributed by atoms with Crippen LogP contribution >= 0.6 is 0 Å². The van der Waals surface area contributed by atoms with Gasteiger partial charge in [0.05, 0.1) is 0 Å². The van der Waals surface area contributed by atoms with Gasteiger partial charge in [-0.05, 0) is 25.8 Å². The first-order valence-electron chi connectivity index (χ1n) is 9.27. The van der Waals surface area contributed by atoms with E-state index >= 15 is 0 Å². The molecule has 0 aromatic heterocycles. The second kappa shape index (κ2) is 15.6. The van der Waals surface area contributed by atoms with Crippen LogP contribution in [0.5, 0.6) is 0 Å². The lowest BCUT2D eigenvalue weighted by molar-refractivity contribution is -0.140. The Morgan fingerprint density at radius 1 is 0.913 bits per heavy atom. The number of carbonyl (C=O) groups is 2. The zero-order valence-corrected chi connectivity index (χ0v) is 15.0. The number of aliphatic carboxylic acids is 1. The van der Waals surface area contributed by atoms with Gasteiger partial charge in [0.25, 0.3) is 0 Å². The van der Waals surface area contributed by atoms with Gasteiger partial charge in [-0.15, -0.1) is 0 Å². The van der Waals surface area contributed by atoms with Crippen molar-refractivity contribution in [3.8, 4) is 0 Å². The van der Waals surface area contributed by atoms with Crippen LogP contribution in [-0.2, 0) is 9.59 Å². The maximum Gasteiger partial charge on any atom is 0.325 e. The topological polar surface area (TPSA) is 66.4 Å². The molecule has 1 atom stereocenters. The number of carboxylic acids is 1. The highest BCUT2D eigenvalue weighted by Crippen LogP contribution is 2.11. The Labute approximate surface area is 141 Å². The molecule has 0 heterocycles. The molecule has 0 unspecified atom stereocenters. The molecule has 4 heteroatoms. The third-order valence-electron chi connectivity index (χ3n) is 3.97. The first-order valence-corrected chi connectivity index (χ1v) is 9.27. The summed E-state index contributed by atoms with van der Waals surface area (Å²) in [6.07, 6.45) is 18.6. The van der Waals surface area contributed by atoms with Crippen LogP contribution in [0.4, 0.5) is 0 Å². The minimum atomic E-state index is -1.02. The van der Waals surface area contributed by atoms with Gasteiger partial charge < -0.3 is 10.4 Å². The van der Waals surface area contributed by atoms with Crippen molar-refractivity contribution in [3.05, 3.63) is 12.2 Å². The summed E-state index contributed by atoms with van der Waals surface area (Å²) in [5.41, 5.74) is 0. The second-order valence-corrected chi connectivity index (χ2v) is 6.30. The summed E-state index contributed by atoms with van der Waals surface area (Å²) in [6.45, 7) is 3.70. The van der Waals surface area contributed by atoms with Crippen LogP contribution in [0.25, 0.3) is 0 Å². The summed E-state index contributed by atoms with van der Waals surface area (Å²) >= 11 is 0. The summed E-state index contributed by atoms with van der Waals surface area (Å²) in [6, 6.07) is -0.839. The Morgan fingerprint density at radius 2 is 1.39 bits per heavy atom. The Morgan fingerprint density at radius 3 is 1.87 bits per heavy atom. The van der Waals surface area contributed by atoms with Crippen molar-refractivity contribution < 1.29 is 14.7 Å². The van der Waals surface area contributed by atoms with E-state index in [-0.39, 0.29) is 5.91 Å². The Hall–Kier alpha value is -1.32. The zero-order chi connectivity index (χ0) is 17.3. The summed E-state index contributed by atoms with van der Waals surface area (Å²) < 4.78 is 0. The van der Waals surface area contributed by atoms with Gasteiger partial charge in [0.2, 0.25) is 5.91 Å². The third kappa shape index (κ3) is 15.4. The molecule has 0 saturated heterocycles. The summed E-state index contributed by atoms with van der Waals surface area (Å²) in [5, 5.41) is 11.1. The molecular formula is C19H35NO3. The Bertz CT molecular complexity index is 340. The summed E-state index contributed by atoms with van der Waals surface area (Å²) in [4.78, 5) is 22.0. The first-order chi connectivity index (χ1) is 11.1. The number of allylic oxidation sites excluding steroid dienone is 1. The van der Waals surface area contributed by atoms with Crippen molar-refractivity contribution in [2.24, 2.45) is 0 Å². The molecule has 4 nitrogen and oxygen atoms in total. The highest BCUT2D eigenvalue weighted by molar-refractivity contribution is 5.90. The van der Waals surface area contributed by atoms with Crippen molar-refractivity contribution in [1.29, 1.82) is 0 Å². The van der Waals surface area contributed by atoms with E-state index in [2.05, 4.69) is 12.2 Å². The first kappa shape index (κ1) is 21.7. The molecule has 2 N–H and O–H groups in total. The normalized spacial score (nSPS) is 12.4. The number of hydrogen-bond acceptors (Lipinski definition) is 2. The van der Waals surface area contributed by atoms with E-state index in [9.17, 15) is 9.59 Å². The van der Waals surface area contributed by atoms with Crippen LogP contribution < -0.4 is 5.32 Å². The number of amides is 1. The Kier molecular flexibility index (Phi) is 14.7. The van der Waals surface area contributed by atoms with E-state index in [1.54, 1.807) is 0 Å². The average molecular weight is 325 g/mol. The minimum Gasteiger partial charge on any atom is -0.480 e. The fraction of sp³-hybridized carbons (Fsp3) is 0.789. The predicted octanol–water partition coefficient (Wildman–Crippen LogP) is 4.83. The maximum absolute atomic E-state index is 11.4. The van der Waals surface area contributed by atoms with Gasteiger partial charge in [0, 0.05) is 0 Å². The summed E-state index contributed by atoms with van der Waals surface area (Å²) in [5.74, 6) is -1.35. The molecular weight excluding hydrogens is 290 g/mol. The van der Waals surface area contributed by atoms with Gasteiger partial charge in [-0.3, -0.25) is 9.59 Å². The molecule has 0 saturated carbocycles. The highest BCUT2D eigenvalue weighted by atomic mass is 16.4. The van der Waals surface area contributed by atoms with Crippen molar-refractivity contribution in [1.82, 2.24) is 5.32 Å². The number of hydrogen-bond donors (Lipinski definition) is 2. The lowest BCUT2D eigenvalue weighted by Crippen LogP contribution is -2.37. The second-order valence-electron chi connectivity index (χ2n) is 6.30. The SMILES string of the molecule is CCCCCCCCCCCCCC=CC(=O)N[C@@H](C)C(=O)O. The molecule has 0 aliphatic heterocycles. The van der Waals surface area contributed by atoms with E-state index in [4.69, 9.17) is 5.11 Å². The zero-order valence-electron chi connectivity index (χ0n) is 15.0. The monoisotopic (exact) mass is 325 g/mol. The van der Waals surface area contributed by atoms with Crippen LogP contribution in [0.2, 0.25) is 0 Å². The lowest BCUT2D eigenvalue weighted by atomic mass is 10.1. The van der Waals surface area contributed by atoms with Gasteiger partial charge in [-0.2, -0.15) is 0 Å². The predicted molar refractivity (Wildman–Crippen MR) is 95.5 cm³/mol. The molecule has 0 aromatic carbocycles. The minimum absolute atomic E-state index is 0.331. The van der Waals surface area contributed by atoms with Gasteiger partial charge in [-0.1, -0.05) is 77.2 Å². The number of carbonyl (C=O) groups excluding carboxylic acids is 1. The van der Waals surface area contributed by atoms with Gasteiger partial charge in [-0.25, -0.2) is 0 Å². The van der Waals surface area contributed by atoms with Gasteiger partial charge >= 0.3 is 5.97 Å².